The van der Waals surface area contributed by atoms with E-state index in [1.54, 1.807) is 7.05 Å². The summed E-state index contributed by atoms with van der Waals surface area (Å²) in [4.78, 5) is 0. The van der Waals surface area contributed by atoms with Gasteiger partial charge in [-0.2, -0.15) is 13.2 Å². The molecule has 1 N–H and O–H groups in total. The maximum atomic E-state index is 13.8. The number of hydrogen-bond acceptors (Lipinski definition) is 1. The van der Waals surface area contributed by atoms with Crippen LogP contribution in [-0.4, -0.2) is 7.05 Å². The van der Waals surface area contributed by atoms with Crippen molar-refractivity contribution in [2.75, 3.05) is 7.05 Å². The first-order valence-electron chi connectivity index (χ1n) is 6.79. The minimum Gasteiger partial charge on any atom is -0.313 e. The molecule has 0 radical (unpaired) electrons. The van der Waals surface area contributed by atoms with Crippen molar-refractivity contribution in [1.82, 2.24) is 5.32 Å². The highest BCUT2D eigenvalue weighted by Crippen LogP contribution is 2.33. The molecule has 0 aliphatic carbocycles. The van der Waals surface area contributed by atoms with Crippen LogP contribution in [0.25, 0.3) is 0 Å². The van der Waals surface area contributed by atoms with Gasteiger partial charge in [-0.3, -0.25) is 0 Å². The second-order valence-corrected chi connectivity index (χ2v) is 5.40. The molecule has 1 unspecified atom stereocenters. The van der Waals surface area contributed by atoms with E-state index in [1.807, 2.05) is 0 Å². The van der Waals surface area contributed by atoms with Crippen LogP contribution in [0.3, 0.4) is 0 Å². The molecule has 20 heavy (non-hydrogen) atoms. The standard InChI is InChI=1S/C15H21F4N/c1-10(2)5-4-6-14(20-3)12-9-11(15(17,18)19)7-8-13(12)16/h7-10,14,20H,4-6H2,1-3H3. The van der Waals surface area contributed by atoms with Crippen molar-refractivity contribution in [2.45, 2.75) is 45.3 Å². The van der Waals surface area contributed by atoms with E-state index < -0.39 is 23.6 Å². The number of nitrogens with one attached hydrogen (secondary N) is 1. The van der Waals surface area contributed by atoms with E-state index in [2.05, 4.69) is 19.2 Å². The van der Waals surface area contributed by atoms with Gasteiger partial charge in [-0.15, -0.1) is 0 Å². The highest BCUT2D eigenvalue weighted by atomic mass is 19.4. The fraction of sp³-hybridized carbons (Fsp3) is 0.600. The summed E-state index contributed by atoms with van der Waals surface area (Å²) >= 11 is 0. The molecule has 1 atom stereocenters. The lowest BCUT2D eigenvalue weighted by Crippen LogP contribution is -2.19. The fourth-order valence-electron chi connectivity index (χ4n) is 2.17. The molecule has 0 heterocycles. The van der Waals surface area contributed by atoms with Crippen molar-refractivity contribution < 1.29 is 17.6 Å². The molecule has 0 amide bonds. The van der Waals surface area contributed by atoms with E-state index in [1.165, 1.54) is 0 Å². The molecular weight excluding hydrogens is 270 g/mol. The minimum absolute atomic E-state index is 0.0890. The number of rotatable bonds is 6. The Balaban J connectivity index is 2.91. The monoisotopic (exact) mass is 291 g/mol. The highest BCUT2D eigenvalue weighted by molar-refractivity contribution is 5.29. The van der Waals surface area contributed by atoms with Gasteiger partial charge in [0.25, 0.3) is 0 Å². The van der Waals surface area contributed by atoms with Crippen molar-refractivity contribution in [3.05, 3.63) is 35.1 Å². The van der Waals surface area contributed by atoms with E-state index >= 15 is 0 Å². The molecule has 0 saturated carbocycles. The van der Waals surface area contributed by atoms with Crippen molar-refractivity contribution in [3.8, 4) is 0 Å². The van der Waals surface area contributed by atoms with Crippen LogP contribution in [0.4, 0.5) is 17.6 Å². The van der Waals surface area contributed by atoms with Gasteiger partial charge in [0.15, 0.2) is 0 Å². The van der Waals surface area contributed by atoms with Gasteiger partial charge in [0.1, 0.15) is 5.82 Å². The van der Waals surface area contributed by atoms with Crippen molar-refractivity contribution in [1.29, 1.82) is 0 Å². The van der Waals surface area contributed by atoms with Crippen molar-refractivity contribution in [3.63, 3.8) is 0 Å². The lowest BCUT2D eigenvalue weighted by Gasteiger charge is -2.19. The molecule has 1 aromatic carbocycles. The molecular formula is C15H21F4N. The van der Waals surface area contributed by atoms with Crippen LogP contribution < -0.4 is 5.32 Å². The van der Waals surface area contributed by atoms with E-state index in [0.29, 0.717) is 12.3 Å². The number of hydrogen-bond donors (Lipinski definition) is 1. The number of alkyl halides is 3. The highest BCUT2D eigenvalue weighted by Gasteiger charge is 2.31. The third-order valence-electron chi connectivity index (χ3n) is 3.32. The van der Waals surface area contributed by atoms with Crippen LogP contribution >= 0.6 is 0 Å². The average Bonchev–Trinajstić information content (AvgIpc) is 2.34. The zero-order chi connectivity index (χ0) is 15.3. The van der Waals surface area contributed by atoms with Gasteiger partial charge in [0, 0.05) is 11.6 Å². The quantitative estimate of drug-likeness (QED) is 0.733. The Morgan fingerprint density at radius 1 is 1.15 bits per heavy atom. The van der Waals surface area contributed by atoms with Crippen LogP contribution in [0.1, 0.15) is 50.3 Å². The lowest BCUT2D eigenvalue weighted by atomic mass is 9.96. The second kappa shape index (κ2) is 7.07. The van der Waals surface area contributed by atoms with Crippen LogP contribution in [0.5, 0.6) is 0 Å². The molecule has 5 heteroatoms. The summed E-state index contributed by atoms with van der Waals surface area (Å²) in [6, 6.07) is 2.19. The minimum atomic E-state index is -4.45. The predicted molar refractivity (Wildman–Crippen MR) is 71.9 cm³/mol. The Morgan fingerprint density at radius 3 is 2.30 bits per heavy atom. The summed E-state index contributed by atoms with van der Waals surface area (Å²) in [7, 11) is 1.64. The Morgan fingerprint density at radius 2 is 1.80 bits per heavy atom. The van der Waals surface area contributed by atoms with Crippen LogP contribution in [-0.2, 0) is 6.18 Å². The van der Waals surface area contributed by atoms with Gasteiger partial charge in [-0.1, -0.05) is 26.7 Å². The van der Waals surface area contributed by atoms with Crippen LogP contribution in [0, 0.1) is 11.7 Å². The van der Waals surface area contributed by atoms with Crippen LogP contribution in [0.2, 0.25) is 0 Å². The Bertz CT molecular complexity index is 426. The summed E-state index contributed by atoms with van der Waals surface area (Å²) in [5.41, 5.74) is -0.718. The molecule has 114 valence electrons. The lowest BCUT2D eigenvalue weighted by molar-refractivity contribution is -0.137. The second-order valence-electron chi connectivity index (χ2n) is 5.40. The molecule has 0 saturated heterocycles. The molecule has 0 aromatic heterocycles. The summed E-state index contributed by atoms with van der Waals surface area (Å²) in [5, 5.41) is 2.90. The maximum Gasteiger partial charge on any atom is 0.416 e. The van der Waals surface area contributed by atoms with E-state index in [4.69, 9.17) is 0 Å². The van der Waals surface area contributed by atoms with Gasteiger partial charge >= 0.3 is 6.18 Å². The molecule has 0 bridgehead atoms. The van der Waals surface area contributed by atoms with Gasteiger partial charge in [-0.05, 0) is 37.6 Å². The maximum absolute atomic E-state index is 13.8. The molecule has 1 nitrogen and oxygen atoms in total. The first-order valence-corrected chi connectivity index (χ1v) is 6.79. The third-order valence-corrected chi connectivity index (χ3v) is 3.32. The van der Waals surface area contributed by atoms with E-state index in [-0.39, 0.29) is 5.56 Å². The predicted octanol–water partition coefficient (Wildman–Crippen LogP) is 4.93. The normalized spacial score (nSPS) is 13.8. The van der Waals surface area contributed by atoms with E-state index in [9.17, 15) is 17.6 Å². The average molecular weight is 291 g/mol. The van der Waals surface area contributed by atoms with Gasteiger partial charge in [-0.25, -0.2) is 4.39 Å². The molecule has 0 aliphatic heterocycles. The van der Waals surface area contributed by atoms with Crippen molar-refractivity contribution in [2.24, 2.45) is 5.92 Å². The number of benzene rings is 1. The summed E-state index contributed by atoms with van der Waals surface area (Å²) in [5.74, 6) is -0.0687. The summed E-state index contributed by atoms with van der Waals surface area (Å²) < 4.78 is 51.8. The number of halogens is 4. The fourth-order valence-corrected chi connectivity index (χ4v) is 2.17. The summed E-state index contributed by atoms with van der Waals surface area (Å²) in [6.45, 7) is 4.17. The van der Waals surface area contributed by atoms with E-state index in [0.717, 1.165) is 31.0 Å². The van der Waals surface area contributed by atoms with Gasteiger partial charge < -0.3 is 5.32 Å². The summed E-state index contributed by atoms with van der Waals surface area (Å²) in [6.07, 6.45) is -2.01. The Labute approximate surface area is 117 Å². The molecule has 0 fully saturated rings. The third kappa shape index (κ3) is 4.78. The topological polar surface area (TPSA) is 12.0 Å². The molecule has 1 aromatic rings. The Kier molecular flexibility index (Phi) is 5.99. The zero-order valence-corrected chi connectivity index (χ0v) is 12.0. The molecule has 0 spiro atoms. The smallest absolute Gasteiger partial charge is 0.313 e. The van der Waals surface area contributed by atoms with Gasteiger partial charge in [0.05, 0.1) is 5.56 Å². The molecule has 0 aliphatic rings. The molecule has 1 rings (SSSR count). The first-order chi connectivity index (χ1) is 9.25. The first kappa shape index (κ1) is 17.0. The van der Waals surface area contributed by atoms with Gasteiger partial charge in [0.2, 0.25) is 0 Å². The Hall–Kier alpha value is -1.10. The zero-order valence-electron chi connectivity index (χ0n) is 12.0. The SMILES string of the molecule is CNC(CCCC(C)C)c1cc(C(F)(F)F)ccc1F. The van der Waals surface area contributed by atoms with Crippen molar-refractivity contribution >= 4 is 0 Å². The largest absolute Gasteiger partial charge is 0.416 e. The van der Waals surface area contributed by atoms with Crippen LogP contribution in [0.15, 0.2) is 18.2 Å².